The third-order valence-electron chi connectivity index (χ3n) is 4.17. The molecule has 172 valence electrons. The van der Waals surface area contributed by atoms with E-state index in [1.165, 1.54) is 26.4 Å². The molecule has 0 saturated carbocycles. The second kappa shape index (κ2) is 11.6. The number of aliphatic hydroxyl groups is 1. The standard InChI is InChI=1S/C17H27N7O7/c1-7(22-15(28)10(18)3-9-5-20-6-21-9)14(27)24-13(8(2)25)16(29)23-11(17(30)31)4-12(19)26/h5-8,10-11,13,25H,3-4,18H2,1-2H3,(H2,19,26)(H,20,21)(H,22,28)(H,23,29)(H,24,27)(H,30,31). The van der Waals surface area contributed by atoms with Crippen molar-refractivity contribution in [2.45, 2.75) is 57.0 Å². The minimum atomic E-state index is -1.64. The minimum absolute atomic E-state index is 0.148. The SMILES string of the molecule is CC(NC(=O)C(N)Cc1cnc[nH]1)C(=O)NC(C(=O)NC(CC(N)=O)C(=O)O)C(C)O. The quantitative estimate of drug-likeness (QED) is 0.158. The molecule has 14 heteroatoms. The normalized spacial score (nSPS) is 15.6. The van der Waals surface area contributed by atoms with Crippen LogP contribution in [-0.4, -0.2) is 80.1 Å². The maximum absolute atomic E-state index is 12.4. The van der Waals surface area contributed by atoms with Crippen molar-refractivity contribution in [3.05, 3.63) is 18.2 Å². The lowest BCUT2D eigenvalue weighted by atomic mass is 10.1. The van der Waals surface area contributed by atoms with E-state index in [4.69, 9.17) is 16.6 Å². The molecule has 1 heterocycles. The number of carboxylic acids is 1. The first-order chi connectivity index (χ1) is 14.4. The number of nitrogens with two attached hydrogens (primary N) is 2. The van der Waals surface area contributed by atoms with E-state index in [9.17, 15) is 29.1 Å². The number of aliphatic hydroxyl groups excluding tert-OH is 1. The summed E-state index contributed by atoms with van der Waals surface area (Å²) in [6.07, 6.45) is 0.975. The van der Waals surface area contributed by atoms with E-state index in [1.54, 1.807) is 0 Å². The van der Waals surface area contributed by atoms with Gasteiger partial charge in [-0.05, 0) is 13.8 Å². The van der Waals surface area contributed by atoms with Gasteiger partial charge in [0.15, 0.2) is 0 Å². The summed E-state index contributed by atoms with van der Waals surface area (Å²) in [4.78, 5) is 65.6. The van der Waals surface area contributed by atoms with Gasteiger partial charge in [0, 0.05) is 18.3 Å². The van der Waals surface area contributed by atoms with E-state index >= 15 is 0 Å². The van der Waals surface area contributed by atoms with E-state index in [2.05, 4.69) is 20.6 Å². The van der Waals surface area contributed by atoms with Crippen molar-refractivity contribution in [2.24, 2.45) is 11.5 Å². The average molecular weight is 441 g/mol. The molecule has 31 heavy (non-hydrogen) atoms. The fourth-order valence-electron chi connectivity index (χ4n) is 2.46. The van der Waals surface area contributed by atoms with Crippen LogP contribution in [-0.2, 0) is 30.4 Å². The summed E-state index contributed by atoms with van der Waals surface area (Å²) in [5.41, 5.74) is 11.4. The number of aliphatic carboxylic acids is 1. The molecule has 0 aliphatic heterocycles. The van der Waals surface area contributed by atoms with Crippen molar-refractivity contribution in [3.63, 3.8) is 0 Å². The van der Waals surface area contributed by atoms with Crippen LogP contribution in [0, 0.1) is 0 Å². The zero-order chi connectivity index (χ0) is 23.7. The largest absolute Gasteiger partial charge is 0.480 e. The number of amides is 4. The second-order valence-corrected chi connectivity index (χ2v) is 6.91. The topological polar surface area (TPSA) is 243 Å². The van der Waals surface area contributed by atoms with Gasteiger partial charge in [0.05, 0.1) is 24.9 Å². The predicted octanol–water partition coefficient (Wildman–Crippen LogP) is -3.91. The van der Waals surface area contributed by atoms with Crippen LogP contribution in [0.5, 0.6) is 0 Å². The lowest BCUT2D eigenvalue weighted by Gasteiger charge is -2.25. The lowest BCUT2D eigenvalue weighted by molar-refractivity contribution is -0.144. The molecule has 14 nitrogen and oxygen atoms in total. The van der Waals surface area contributed by atoms with Gasteiger partial charge in [0.1, 0.15) is 18.1 Å². The summed E-state index contributed by atoms with van der Waals surface area (Å²) in [5, 5.41) is 25.5. The van der Waals surface area contributed by atoms with Crippen molar-refractivity contribution in [1.82, 2.24) is 25.9 Å². The molecule has 1 rings (SSSR count). The molecule has 0 spiro atoms. The number of carbonyl (C=O) groups excluding carboxylic acids is 4. The Hall–Kier alpha value is -3.52. The second-order valence-electron chi connectivity index (χ2n) is 6.91. The number of nitrogens with zero attached hydrogens (tertiary/aromatic N) is 1. The van der Waals surface area contributed by atoms with Gasteiger partial charge >= 0.3 is 5.97 Å². The van der Waals surface area contributed by atoms with Gasteiger partial charge in [-0.15, -0.1) is 0 Å². The van der Waals surface area contributed by atoms with E-state index < -0.39 is 66.3 Å². The third-order valence-corrected chi connectivity index (χ3v) is 4.17. The first-order valence-electron chi connectivity index (χ1n) is 9.25. The number of carboxylic acid groups (broad SMARTS) is 1. The Morgan fingerprint density at radius 1 is 1.10 bits per heavy atom. The van der Waals surface area contributed by atoms with Gasteiger partial charge in [0.2, 0.25) is 23.6 Å². The lowest BCUT2D eigenvalue weighted by Crippen LogP contribution is -2.59. The molecule has 1 aromatic heterocycles. The molecule has 0 radical (unpaired) electrons. The zero-order valence-corrected chi connectivity index (χ0v) is 17.0. The van der Waals surface area contributed by atoms with Crippen LogP contribution >= 0.6 is 0 Å². The van der Waals surface area contributed by atoms with Gasteiger partial charge in [-0.1, -0.05) is 0 Å². The van der Waals surface area contributed by atoms with Crippen molar-refractivity contribution in [3.8, 4) is 0 Å². The van der Waals surface area contributed by atoms with Crippen molar-refractivity contribution < 1.29 is 34.2 Å². The molecule has 0 bridgehead atoms. The molecule has 10 N–H and O–H groups in total. The molecule has 0 aliphatic carbocycles. The first-order valence-corrected chi connectivity index (χ1v) is 9.25. The fourth-order valence-corrected chi connectivity index (χ4v) is 2.46. The number of hydrogen-bond donors (Lipinski definition) is 8. The van der Waals surface area contributed by atoms with Crippen molar-refractivity contribution in [2.75, 3.05) is 0 Å². The van der Waals surface area contributed by atoms with Gasteiger partial charge in [-0.2, -0.15) is 0 Å². The van der Waals surface area contributed by atoms with Crippen LogP contribution in [0.4, 0.5) is 0 Å². The average Bonchev–Trinajstić information content (AvgIpc) is 3.17. The van der Waals surface area contributed by atoms with E-state index in [0.717, 1.165) is 0 Å². The van der Waals surface area contributed by atoms with Crippen LogP contribution in [0.1, 0.15) is 26.0 Å². The highest BCUT2D eigenvalue weighted by Gasteiger charge is 2.32. The summed E-state index contributed by atoms with van der Waals surface area (Å²) in [6.45, 7) is 2.53. The van der Waals surface area contributed by atoms with Crippen LogP contribution in [0.15, 0.2) is 12.5 Å². The zero-order valence-electron chi connectivity index (χ0n) is 17.0. The Morgan fingerprint density at radius 2 is 1.74 bits per heavy atom. The Bertz CT molecular complexity index is 797. The van der Waals surface area contributed by atoms with Gasteiger partial charge in [-0.25, -0.2) is 9.78 Å². The Balaban J connectivity index is 2.70. The number of rotatable bonds is 12. The number of H-pyrrole nitrogens is 1. The van der Waals surface area contributed by atoms with Crippen LogP contribution in [0.25, 0.3) is 0 Å². The van der Waals surface area contributed by atoms with E-state index in [-0.39, 0.29) is 6.42 Å². The Labute approximate surface area is 177 Å². The van der Waals surface area contributed by atoms with Crippen LogP contribution < -0.4 is 27.4 Å². The smallest absolute Gasteiger partial charge is 0.326 e. The highest BCUT2D eigenvalue weighted by molar-refractivity contribution is 5.95. The number of aromatic nitrogens is 2. The number of aromatic amines is 1. The number of hydrogen-bond acceptors (Lipinski definition) is 8. The van der Waals surface area contributed by atoms with Crippen molar-refractivity contribution in [1.29, 1.82) is 0 Å². The van der Waals surface area contributed by atoms with Gasteiger partial charge in [0.25, 0.3) is 0 Å². The summed E-state index contributed by atoms with van der Waals surface area (Å²) in [7, 11) is 0. The monoisotopic (exact) mass is 441 g/mol. The molecular formula is C17H27N7O7. The van der Waals surface area contributed by atoms with Gasteiger partial charge in [-0.3, -0.25) is 19.2 Å². The van der Waals surface area contributed by atoms with E-state index in [1.807, 2.05) is 5.32 Å². The minimum Gasteiger partial charge on any atom is -0.480 e. The highest BCUT2D eigenvalue weighted by atomic mass is 16.4. The molecule has 0 saturated heterocycles. The molecule has 0 aromatic carbocycles. The fraction of sp³-hybridized carbons (Fsp3) is 0.529. The Morgan fingerprint density at radius 3 is 2.23 bits per heavy atom. The summed E-state index contributed by atoms with van der Waals surface area (Å²) in [6, 6.07) is -5.30. The number of carbonyl (C=O) groups is 5. The summed E-state index contributed by atoms with van der Waals surface area (Å²) >= 11 is 0. The van der Waals surface area contributed by atoms with Crippen LogP contribution in [0.3, 0.4) is 0 Å². The maximum Gasteiger partial charge on any atom is 0.326 e. The van der Waals surface area contributed by atoms with Crippen molar-refractivity contribution >= 4 is 29.6 Å². The molecule has 0 aliphatic rings. The Kier molecular flexibility index (Phi) is 9.56. The van der Waals surface area contributed by atoms with Gasteiger partial charge < -0.3 is 42.6 Å². The number of primary amides is 1. The highest BCUT2D eigenvalue weighted by Crippen LogP contribution is 2.00. The van der Waals surface area contributed by atoms with Crippen LogP contribution in [0.2, 0.25) is 0 Å². The molecule has 4 amide bonds. The third kappa shape index (κ3) is 8.39. The first kappa shape index (κ1) is 25.5. The molecule has 1 aromatic rings. The van der Waals surface area contributed by atoms with E-state index in [0.29, 0.717) is 5.69 Å². The molecule has 5 unspecified atom stereocenters. The number of nitrogens with one attached hydrogen (secondary N) is 4. The maximum atomic E-state index is 12.4. The summed E-state index contributed by atoms with van der Waals surface area (Å²) in [5.74, 6) is -5.00. The molecule has 5 atom stereocenters. The predicted molar refractivity (Wildman–Crippen MR) is 105 cm³/mol. The molecule has 0 fully saturated rings. The number of imidazole rings is 1. The molecular weight excluding hydrogens is 414 g/mol. The summed E-state index contributed by atoms with van der Waals surface area (Å²) < 4.78 is 0.